The molecule has 0 heterocycles. The fourth-order valence-corrected chi connectivity index (χ4v) is 3.35. The summed E-state index contributed by atoms with van der Waals surface area (Å²) in [6, 6.07) is 9.56. The molecule has 6 nitrogen and oxygen atoms in total. The van der Waals surface area contributed by atoms with Crippen LogP contribution in [0.3, 0.4) is 0 Å². The highest BCUT2D eigenvalue weighted by Gasteiger charge is 2.17. The van der Waals surface area contributed by atoms with E-state index in [9.17, 15) is 18.0 Å². The van der Waals surface area contributed by atoms with Crippen LogP contribution in [0.1, 0.15) is 25.3 Å². The first-order valence-electron chi connectivity index (χ1n) is 7.51. The van der Waals surface area contributed by atoms with Crippen molar-refractivity contribution < 1.29 is 23.1 Å². The summed E-state index contributed by atoms with van der Waals surface area (Å²) in [5, 5.41) is 11.1. The summed E-state index contributed by atoms with van der Waals surface area (Å²) in [5.41, 5.74) is 1.06. The van der Waals surface area contributed by atoms with Crippen LogP contribution >= 0.6 is 0 Å². The minimum Gasteiger partial charge on any atom is -0.481 e. The van der Waals surface area contributed by atoms with Gasteiger partial charge in [0.05, 0.1) is 5.75 Å². The first-order valence-corrected chi connectivity index (χ1v) is 9.33. The maximum atomic E-state index is 11.9. The molecule has 0 spiro atoms. The number of benzene rings is 1. The lowest BCUT2D eigenvalue weighted by molar-refractivity contribution is -0.138. The van der Waals surface area contributed by atoms with Gasteiger partial charge in [0.25, 0.3) is 0 Å². The second-order valence-corrected chi connectivity index (χ2v) is 7.87. The lowest BCUT2D eigenvalue weighted by Gasteiger charge is -2.10. The molecular weight excluding hydrogens is 318 g/mol. The normalized spacial score (nSPS) is 12.6. The number of rotatable bonds is 10. The van der Waals surface area contributed by atoms with Gasteiger partial charge in [-0.2, -0.15) is 0 Å². The Hall–Kier alpha value is -1.89. The summed E-state index contributed by atoms with van der Waals surface area (Å²) >= 11 is 0. The van der Waals surface area contributed by atoms with Gasteiger partial charge in [-0.15, -0.1) is 0 Å². The molecule has 1 rings (SSSR count). The monoisotopic (exact) mass is 341 g/mol. The minimum atomic E-state index is -3.45. The van der Waals surface area contributed by atoms with Crippen molar-refractivity contribution in [1.82, 2.24) is 5.32 Å². The van der Waals surface area contributed by atoms with Crippen LogP contribution in [0.5, 0.6) is 0 Å². The molecule has 7 heteroatoms. The highest BCUT2D eigenvalue weighted by atomic mass is 32.2. The fourth-order valence-electron chi connectivity index (χ4n) is 2.12. The van der Waals surface area contributed by atoms with E-state index in [1.165, 1.54) is 0 Å². The molecule has 0 radical (unpaired) electrons. The van der Waals surface area contributed by atoms with Crippen molar-refractivity contribution in [1.29, 1.82) is 0 Å². The number of carboxylic acid groups (broad SMARTS) is 1. The third-order valence-corrected chi connectivity index (χ3v) is 4.90. The van der Waals surface area contributed by atoms with Gasteiger partial charge in [0, 0.05) is 13.0 Å². The second kappa shape index (κ2) is 9.29. The number of amides is 1. The average molecular weight is 341 g/mol. The molecule has 0 saturated heterocycles. The first-order chi connectivity index (χ1) is 10.8. The number of carbonyl (C=O) groups excluding carboxylic acids is 1. The van der Waals surface area contributed by atoms with Crippen molar-refractivity contribution in [3.63, 3.8) is 0 Å². The predicted octanol–water partition coefficient (Wildman–Crippen LogP) is 1.26. The summed E-state index contributed by atoms with van der Waals surface area (Å²) in [5.74, 6) is -2.36. The van der Waals surface area contributed by atoms with E-state index in [-0.39, 0.29) is 24.6 Å². The number of carboxylic acids is 1. The highest BCUT2D eigenvalue weighted by Crippen LogP contribution is 2.05. The zero-order valence-electron chi connectivity index (χ0n) is 13.2. The number of sulfone groups is 1. The predicted molar refractivity (Wildman–Crippen MR) is 87.8 cm³/mol. The third kappa shape index (κ3) is 8.97. The van der Waals surface area contributed by atoms with Crippen molar-refractivity contribution in [3.05, 3.63) is 35.9 Å². The second-order valence-electron chi connectivity index (χ2n) is 5.69. The molecule has 1 amide bonds. The lowest BCUT2D eigenvalue weighted by Crippen LogP contribution is -2.34. The molecule has 1 atom stereocenters. The van der Waals surface area contributed by atoms with Gasteiger partial charge in [0.2, 0.25) is 5.91 Å². The summed E-state index contributed by atoms with van der Waals surface area (Å²) < 4.78 is 23.8. The van der Waals surface area contributed by atoms with E-state index < -0.39 is 27.5 Å². The van der Waals surface area contributed by atoms with Crippen LogP contribution in [-0.2, 0) is 25.8 Å². The summed E-state index contributed by atoms with van der Waals surface area (Å²) in [7, 11) is -3.45. The number of aryl methyl sites for hydroxylation is 1. The summed E-state index contributed by atoms with van der Waals surface area (Å²) in [6.07, 6.45) is 1.05. The maximum Gasteiger partial charge on any atom is 0.303 e. The van der Waals surface area contributed by atoms with Gasteiger partial charge < -0.3 is 10.4 Å². The Morgan fingerprint density at radius 1 is 1.22 bits per heavy atom. The Morgan fingerprint density at radius 3 is 2.48 bits per heavy atom. The highest BCUT2D eigenvalue weighted by molar-refractivity contribution is 7.92. The Morgan fingerprint density at radius 2 is 1.87 bits per heavy atom. The topological polar surface area (TPSA) is 101 Å². The Labute approximate surface area is 136 Å². The number of hydrogen-bond donors (Lipinski definition) is 2. The molecule has 1 aromatic carbocycles. The lowest BCUT2D eigenvalue weighted by atomic mass is 10.1. The molecule has 1 unspecified atom stereocenters. The van der Waals surface area contributed by atoms with Crippen LogP contribution in [0.2, 0.25) is 0 Å². The molecule has 0 saturated carbocycles. The zero-order chi connectivity index (χ0) is 17.3. The molecule has 0 fully saturated rings. The van der Waals surface area contributed by atoms with Gasteiger partial charge in [0.1, 0.15) is 5.75 Å². The van der Waals surface area contributed by atoms with Crippen LogP contribution < -0.4 is 5.32 Å². The van der Waals surface area contributed by atoms with Crippen LogP contribution in [-0.4, -0.2) is 43.5 Å². The van der Waals surface area contributed by atoms with Gasteiger partial charge in [-0.25, -0.2) is 8.42 Å². The largest absolute Gasteiger partial charge is 0.481 e. The van der Waals surface area contributed by atoms with Gasteiger partial charge in [-0.1, -0.05) is 37.3 Å². The van der Waals surface area contributed by atoms with Crippen molar-refractivity contribution >= 4 is 21.7 Å². The van der Waals surface area contributed by atoms with Crippen molar-refractivity contribution in [2.75, 3.05) is 18.1 Å². The van der Waals surface area contributed by atoms with Crippen LogP contribution in [0.15, 0.2) is 30.3 Å². The maximum absolute atomic E-state index is 11.9. The van der Waals surface area contributed by atoms with Crippen molar-refractivity contribution in [2.24, 2.45) is 5.92 Å². The minimum absolute atomic E-state index is 0.0417. The number of carbonyl (C=O) groups is 2. The van der Waals surface area contributed by atoms with E-state index in [4.69, 9.17) is 5.11 Å². The van der Waals surface area contributed by atoms with E-state index >= 15 is 0 Å². The first kappa shape index (κ1) is 19.2. The summed E-state index contributed by atoms with van der Waals surface area (Å²) in [4.78, 5) is 22.2. The molecule has 0 aliphatic heterocycles. The van der Waals surface area contributed by atoms with E-state index in [2.05, 4.69) is 5.32 Å². The van der Waals surface area contributed by atoms with E-state index in [0.29, 0.717) is 12.8 Å². The zero-order valence-corrected chi connectivity index (χ0v) is 14.0. The number of nitrogens with one attached hydrogen (secondary N) is 1. The number of aliphatic carboxylic acids is 1. The molecular formula is C16H23NO5S. The van der Waals surface area contributed by atoms with E-state index in [1.807, 2.05) is 30.3 Å². The smallest absolute Gasteiger partial charge is 0.303 e. The van der Waals surface area contributed by atoms with E-state index in [1.54, 1.807) is 6.92 Å². The SMILES string of the molecule is CC(CNC(=O)CS(=O)(=O)CCCc1ccccc1)CC(=O)O. The molecule has 128 valence electrons. The van der Waals surface area contributed by atoms with E-state index in [0.717, 1.165) is 5.56 Å². The van der Waals surface area contributed by atoms with Gasteiger partial charge in [-0.05, 0) is 24.3 Å². The van der Waals surface area contributed by atoms with Crippen molar-refractivity contribution in [2.45, 2.75) is 26.2 Å². The van der Waals surface area contributed by atoms with Crippen LogP contribution in [0.4, 0.5) is 0 Å². The molecule has 23 heavy (non-hydrogen) atoms. The quantitative estimate of drug-likeness (QED) is 0.667. The average Bonchev–Trinajstić information content (AvgIpc) is 2.45. The Kier molecular flexibility index (Phi) is 7.74. The number of hydrogen-bond acceptors (Lipinski definition) is 4. The molecule has 0 aliphatic carbocycles. The summed E-state index contributed by atoms with van der Waals surface area (Å²) in [6.45, 7) is 1.84. The molecule has 0 bridgehead atoms. The Balaban J connectivity index is 2.30. The molecule has 0 aromatic heterocycles. The standard InChI is InChI=1S/C16H23NO5S/c1-13(10-16(19)20)11-17-15(18)12-23(21,22)9-5-8-14-6-3-2-4-7-14/h2-4,6-7,13H,5,8-12H2,1H3,(H,17,18)(H,19,20). The fraction of sp³-hybridized carbons (Fsp3) is 0.500. The van der Waals surface area contributed by atoms with Crippen LogP contribution in [0.25, 0.3) is 0 Å². The van der Waals surface area contributed by atoms with Gasteiger partial charge in [0.15, 0.2) is 9.84 Å². The molecule has 2 N–H and O–H groups in total. The third-order valence-electron chi connectivity index (χ3n) is 3.29. The molecule has 0 aliphatic rings. The van der Waals surface area contributed by atoms with Gasteiger partial charge in [-0.3, -0.25) is 9.59 Å². The van der Waals surface area contributed by atoms with Crippen LogP contribution in [0, 0.1) is 5.92 Å². The van der Waals surface area contributed by atoms with Gasteiger partial charge >= 0.3 is 5.97 Å². The van der Waals surface area contributed by atoms with Crippen molar-refractivity contribution in [3.8, 4) is 0 Å². The molecule has 1 aromatic rings. The Bertz CT molecular complexity index is 613.